The zero-order chi connectivity index (χ0) is 4.71. The topological polar surface area (TPSA) is 20.2 Å². The van der Waals surface area contributed by atoms with E-state index in [2.05, 4.69) is 14.1 Å². The molecule has 0 heterocycles. The first-order valence-corrected chi connectivity index (χ1v) is 11.5. The fourth-order valence-electron chi connectivity index (χ4n) is 0. The molecule has 0 rings (SSSR count). The van der Waals surface area contributed by atoms with Crippen molar-refractivity contribution in [3.63, 3.8) is 0 Å². The van der Waals surface area contributed by atoms with Gasteiger partial charge < -0.3 is 5.11 Å². The monoisotopic (exact) mass is 343 g/mol. The van der Waals surface area contributed by atoms with Crippen molar-refractivity contribution in [2.45, 2.75) is 0 Å². The first-order chi connectivity index (χ1) is 2.41. The fraction of sp³-hybridized carbons (Fsp3) is 1.00. The number of hydrogen-bond acceptors (Lipinski definition) is 1. The number of rotatable bonds is 0. The first-order valence-electron chi connectivity index (χ1n) is 0.733. The van der Waals surface area contributed by atoms with Crippen LogP contribution in [0.25, 0.3) is 0 Å². The van der Waals surface area contributed by atoms with E-state index >= 15 is 0 Å². The first kappa shape index (κ1) is 10.5. The van der Waals surface area contributed by atoms with Gasteiger partial charge in [-0.15, -0.1) is 0 Å². The Morgan fingerprint density at radius 3 is 1.40 bits per heavy atom. The zero-order valence-electron chi connectivity index (χ0n) is 2.58. The fourth-order valence-corrected chi connectivity index (χ4v) is 0. The van der Waals surface area contributed by atoms with E-state index in [1.54, 1.807) is 0 Å². The van der Waals surface area contributed by atoms with Crippen LogP contribution < -0.4 is 0 Å². The Hall–Kier alpha value is 2.50. The number of hydrogen-bond donors (Lipinski definition) is 1. The number of halogens is 2. The molecule has 0 fully saturated rings. The maximum absolute atomic E-state index is 7.00. The quantitative estimate of drug-likeness (QED) is 0.703. The molecule has 0 aliphatic carbocycles. The number of aliphatic hydroxyl groups excluding tert-OH is 1. The van der Waals surface area contributed by atoms with Gasteiger partial charge in [0.15, 0.2) is 0 Å². The molecule has 1 N–H and O–H groups in total. The van der Waals surface area contributed by atoms with Crippen LogP contribution in [-0.2, 0) is 0 Å². The molecule has 0 amide bonds. The third-order valence-electron chi connectivity index (χ3n) is 0. The van der Waals surface area contributed by atoms with Gasteiger partial charge >= 0.3 is 51.9 Å². The van der Waals surface area contributed by atoms with Gasteiger partial charge in [-0.2, -0.15) is 0 Å². The van der Waals surface area contributed by atoms with Crippen LogP contribution in [0.4, 0.5) is 0 Å². The Labute approximate surface area is 62.1 Å². The third kappa shape index (κ3) is 21.0. The summed E-state index contributed by atoms with van der Waals surface area (Å²) in [5, 5.41) is 7.00. The van der Waals surface area contributed by atoms with Crippen LogP contribution in [0.3, 0.4) is 0 Å². The summed E-state index contributed by atoms with van der Waals surface area (Å²) in [6, 6.07) is 0. The summed E-state index contributed by atoms with van der Waals surface area (Å²) in [6.07, 6.45) is 0. The van der Waals surface area contributed by atoms with Gasteiger partial charge in [0.25, 0.3) is 0 Å². The van der Waals surface area contributed by atoms with Gasteiger partial charge in [-0.25, -0.2) is 0 Å². The Bertz CT molecular complexity index is 9.61. The van der Waals surface area contributed by atoms with Gasteiger partial charge in [-0.1, -0.05) is 0 Å². The van der Waals surface area contributed by atoms with Gasteiger partial charge in [-0.05, 0) is 0 Å². The molecular formula is CH4Br2EuO. The molecular weight excluding hydrogens is 340 g/mol. The summed E-state index contributed by atoms with van der Waals surface area (Å²) in [4.78, 5) is 0. The predicted octanol–water partition coefficient (Wildman–Crippen LogP) is 1.30. The third-order valence-corrected chi connectivity index (χ3v) is 0. The molecule has 1 nitrogen and oxygen atoms in total. The molecule has 0 aromatic carbocycles. The van der Waals surface area contributed by atoms with Crippen LogP contribution in [-0.4, -0.2) is 12.2 Å². The van der Waals surface area contributed by atoms with E-state index in [0.717, 1.165) is 7.11 Å². The summed E-state index contributed by atoms with van der Waals surface area (Å²) in [5.74, 6) is 0. The van der Waals surface area contributed by atoms with E-state index in [1.165, 1.54) is 0 Å². The van der Waals surface area contributed by atoms with Crippen LogP contribution in [0.2, 0.25) is 0 Å². The van der Waals surface area contributed by atoms with Crippen molar-refractivity contribution in [3.8, 4) is 0 Å². The second-order valence-electron chi connectivity index (χ2n) is 0.0540. The average Bonchev–Trinajstić information content (AvgIpc) is 1.46. The predicted molar refractivity (Wildman–Crippen MR) is 26.0 cm³/mol. The molecule has 35 valence electrons. The van der Waals surface area contributed by atoms with E-state index in [0.29, 0.717) is 0 Å². The Morgan fingerprint density at radius 1 is 1.40 bits per heavy atom. The minimum absolute atomic E-state index is 0.0417. The van der Waals surface area contributed by atoms with Crippen molar-refractivity contribution >= 4 is 14.1 Å². The van der Waals surface area contributed by atoms with Gasteiger partial charge in [0.1, 0.15) is 0 Å². The Morgan fingerprint density at radius 2 is 1.40 bits per heavy atom. The summed E-state index contributed by atoms with van der Waals surface area (Å²) in [6.45, 7) is 0. The van der Waals surface area contributed by atoms with E-state index in [9.17, 15) is 0 Å². The average molecular weight is 344 g/mol. The van der Waals surface area contributed by atoms with E-state index in [4.69, 9.17) is 5.11 Å². The van der Waals surface area contributed by atoms with Gasteiger partial charge in [0.2, 0.25) is 0 Å². The second kappa shape index (κ2) is 16.0. The molecule has 0 saturated carbocycles. The number of aliphatic hydroxyl groups is 1. The van der Waals surface area contributed by atoms with E-state index in [1.807, 2.05) is 0 Å². The van der Waals surface area contributed by atoms with Crippen LogP contribution >= 0.6 is 14.1 Å². The summed E-state index contributed by atoms with van der Waals surface area (Å²) in [7, 11) is 7.43. The Balaban J connectivity index is 0. The summed E-state index contributed by atoms with van der Waals surface area (Å²) >= 11 is -0.0417. The molecule has 0 spiro atoms. The molecule has 0 aliphatic rings. The van der Waals surface area contributed by atoms with E-state index < -0.39 is 0 Å². The molecule has 0 saturated heterocycles. The van der Waals surface area contributed by atoms with Crippen molar-refractivity contribution in [2.75, 3.05) is 7.11 Å². The van der Waals surface area contributed by atoms with Crippen LogP contribution in [0.15, 0.2) is 0 Å². The molecule has 5 heavy (non-hydrogen) atoms. The second-order valence-corrected chi connectivity index (χ2v) is 10.8. The molecule has 0 aromatic rings. The van der Waals surface area contributed by atoms with Gasteiger partial charge in [-0.3, -0.25) is 0 Å². The molecule has 0 bridgehead atoms. The van der Waals surface area contributed by atoms with Crippen molar-refractivity contribution in [3.05, 3.63) is 0 Å². The maximum atomic E-state index is 7.00. The summed E-state index contributed by atoms with van der Waals surface area (Å²) in [5.41, 5.74) is 0. The standard InChI is InChI=1S/CH4O.2BrH.Eu/c1-2;;;/h2H,1H3;2*1H;/q;;;+2/p-2. The molecule has 0 aromatic heterocycles. The molecule has 0 radical (unpaired) electrons. The SMILES string of the molecule is CO.[Br][Eu][Br]. The van der Waals surface area contributed by atoms with Crippen LogP contribution in [0.1, 0.15) is 0 Å². The van der Waals surface area contributed by atoms with Crippen LogP contribution in [0.5, 0.6) is 0 Å². The molecule has 0 atom stereocenters. The van der Waals surface area contributed by atoms with Crippen molar-refractivity contribution in [1.82, 2.24) is 0 Å². The minimum atomic E-state index is -0.0417. The normalized spacial score (nSPS) is 4.80. The van der Waals surface area contributed by atoms with Crippen LogP contribution in [0, 0.1) is 37.7 Å². The molecule has 0 unspecified atom stereocenters. The van der Waals surface area contributed by atoms with Gasteiger partial charge in [0.05, 0.1) is 0 Å². The summed E-state index contributed by atoms with van der Waals surface area (Å²) < 4.78 is 0. The zero-order valence-corrected chi connectivity index (χ0v) is 8.18. The van der Waals surface area contributed by atoms with E-state index in [-0.39, 0.29) is 37.7 Å². The van der Waals surface area contributed by atoms with Crippen molar-refractivity contribution in [1.29, 1.82) is 0 Å². The van der Waals surface area contributed by atoms with Crippen molar-refractivity contribution < 1.29 is 42.8 Å². The van der Waals surface area contributed by atoms with Crippen molar-refractivity contribution in [2.24, 2.45) is 0 Å². The molecule has 4 heteroatoms. The van der Waals surface area contributed by atoms with Gasteiger partial charge in [0, 0.05) is 7.11 Å². The molecule has 0 aliphatic heterocycles. The Kier molecular flexibility index (Phi) is 33.6.